The molecule has 4 heteroatoms. The largest absolute Gasteiger partial charge is 0.392 e. The molecule has 0 radical (unpaired) electrons. The van der Waals surface area contributed by atoms with Gasteiger partial charge in [-0.3, -0.25) is 4.21 Å². The Morgan fingerprint density at radius 2 is 2.27 bits per heavy atom. The first-order valence-electron chi connectivity index (χ1n) is 3.81. The summed E-state index contributed by atoms with van der Waals surface area (Å²) in [6, 6.07) is 0. The van der Waals surface area contributed by atoms with Gasteiger partial charge in [0, 0.05) is 29.4 Å². The second-order valence-electron chi connectivity index (χ2n) is 2.68. The van der Waals surface area contributed by atoms with Crippen molar-refractivity contribution in [2.24, 2.45) is 0 Å². The van der Waals surface area contributed by atoms with Gasteiger partial charge in [-0.25, -0.2) is 0 Å². The Labute approximate surface area is 70.6 Å². The Morgan fingerprint density at radius 3 is 2.73 bits per heavy atom. The smallest absolute Gasteiger partial charge is 0.0636 e. The SMILES string of the molecule is C[C@@H](O)CNCCCS(C)=O. The molecule has 0 aliphatic rings. The van der Waals surface area contributed by atoms with Gasteiger partial charge in [0.05, 0.1) is 6.10 Å². The molecule has 2 N–H and O–H groups in total. The van der Waals surface area contributed by atoms with Crippen LogP contribution in [0.25, 0.3) is 0 Å². The van der Waals surface area contributed by atoms with Gasteiger partial charge in [0.1, 0.15) is 0 Å². The van der Waals surface area contributed by atoms with Gasteiger partial charge in [0.25, 0.3) is 0 Å². The molecule has 1 unspecified atom stereocenters. The molecule has 3 nitrogen and oxygen atoms in total. The molecule has 0 spiro atoms. The van der Waals surface area contributed by atoms with Gasteiger partial charge in [0.15, 0.2) is 0 Å². The summed E-state index contributed by atoms with van der Waals surface area (Å²) in [6.07, 6.45) is 2.33. The Morgan fingerprint density at radius 1 is 1.64 bits per heavy atom. The minimum Gasteiger partial charge on any atom is -0.392 e. The number of rotatable bonds is 6. The second-order valence-corrected chi connectivity index (χ2v) is 4.24. The summed E-state index contributed by atoms with van der Waals surface area (Å²) in [5.74, 6) is 0.743. The predicted octanol–water partition coefficient (Wildman–Crippen LogP) is -0.275. The highest BCUT2D eigenvalue weighted by molar-refractivity contribution is 7.84. The Hall–Kier alpha value is 0.0700. The van der Waals surface area contributed by atoms with Crippen LogP contribution >= 0.6 is 0 Å². The molecule has 0 aliphatic heterocycles. The minimum absolute atomic E-state index is 0.290. The monoisotopic (exact) mass is 179 g/mol. The molecular weight excluding hydrogens is 162 g/mol. The first kappa shape index (κ1) is 11.1. The van der Waals surface area contributed by atoms with Crippen molar-refractivity contribution in [3.05, 3.63) is 0 Å². The molecule has 0 saturated heterocycles. The highest BCUT2D eigenvalue weighted by atomic mass is 32.2. The summed E-state index contributed by atoms with van der Waals surface area (Å²) in [7, 11) is -0.682. The van der Waals surface area contributed by atoms with E-state index in [0.717, 1.165) is 18.7 Å². The average molecular weight is 179 g/mol. The Bertz CT molecular complexity index is 117. The fraction of sp³-hybridized carbons (Fsp3) is 1.00. The third-order valence-electron chi connectivity index (χ3n) is 1.23. The fourth-order valence-corrected chi connectivity index (χ4v) is 1.26. The molecule has 68 valence electrons. The van der Waals surface area contributed by atoms with Gasteiger partial charge in [-0.15, -0.1) is 0 Å². The number of hydrogen-bond acceptors (Lipinski definition) is 3. The van der Waals surface area contributed by atoms with E-state index in [4.69, 9.17) is 5.11 Å². The van der Waals surface area contributed by atoms with Crippen molar-refractivity contribution < 1.29 is 9.32 Å². The molecule has 0 aliphatic carbocycles. The van der Waals surface area contributed by atoms with Crippen LogP contribution in [0.3, 0.4) is 0 Å². The molecule has 0 fully saturated rings. The summed E-state index contributed by atoms with van der Waals surface area (Å²) < 4.78 is 10.6. The van der Waals surface area contributed by atoms with Crippen LogP contribution in [-0.4, -0.2) is 40.5 Å². The van der Waals surface area contributed by atoms with Gasteiger partial charge >= 0.3 is 0 Å². The number of aliphatic hydroxyl groups is 1. The maximum Gasteiger partial charge on any atom is 0.0636 e. The normalized spacial score (nSPS) is 16.3. The van der Waals surface area contributed by atoms with Crippen LogP contribution in [0, 0.1) is 0 Å². The third-order valence-corrected chi connectivity index (χ3v) is 2.09. The van der Waals surface area contributed by atoms with Crippen LogP contribution in [0.5, 0.6) is 0 Å². The Kier molecular flexibility index (Phi) is 6.80. The first-order valence-corrected chi connectivity index (χ1v) is 5.54. The van der Waals surface area contributed by atoms with Gasteiger partial charge in [-0.1, -0.05) is 0 Å². The van der Waals surface area contributed by atoms with Crippen molar-refractivity contribution in [3.63, 3.8) is 0 Å². The lowest BCUT2D eigenvalue weighted by atomic mass is 10.4. The summed E-state index contributed by atoms with van der Waals surface area (Å²) in [6.45, 7) is 3.20. The van der Waals surface area contributed by atoms with Crippen molar-refractivity contribution in [1.29, 1.82) is 0 Å². The van der Waals surface area contributed by atoms with Crippen LogP contribution < -0.4 is 5.32 Å². The molecule has 0 aromatic heterocycles. The van der Waals surface area contributed by atoms with Crippen molar-refractivity contribution in [1.82, 2.24) is 5.32 Å². The van der Waals surface area contributed by atoms with E-state index in [0.29, 0.717) is 6.54 Å². The molecule has 0 bridgehead atoms. The van der Waals surface area contributed by atoms with Gasteiger partial charge in [-0.05, 0) is 19.9 Å². The van der Waals surface area contributed by atoms with Crippen molar-refractivity contribution >= 4 is 10.8 Å². The average Bonchev–Trinajstić information content (AvgIpc) is 1.85. The lowest BCUT2D eigenvalue weighted by molar-refractivity contribution is 0.191. The minimum atomic E-state index is -0.682. The summed E-state index contributed by atoms with van der Waals surface area (Å²) in [4.78, 5) is 0. The van der Waals surface area contributed by atoms with Crippen LogP contribution in [0.2, 0.25) is 0 Å². The maximum absolute atomic E-state index is 10.6. The standard InChI is InChI=1S/C7H17NO2S/c1-7(9)6-8-4-3-5-11(2)10/h7-9H,3-6H2,1-2H3/t7-,11?/m1/s1. The molecule has 0 aromatic carbocycles. The second kappa shape index (κ2) is 6.76. The van der Waals surface area contributed by atoms with Crippen LogP contribution in [-0.2, 0) is 10.8 Å². The van der Waals surface area contributed by atoms with E-state index in [1.165, 1.54) is 0 Å². The van der Waals surface area contributed by atoms with Crippen molar-refractivity contribution in [2.45, 2.75) is 19.4 Å². The molecule has 11 heavy (non-hydrogen) atoms. The molecule has 2 atom stereocenters. The number of aliphatic hydroxyl groups excluding tert-OH is 1. The van der Waals surface area contributed by atoms with Crippen LogP contribution in [0.15, 0.2) is 0 Å². The van der Waals surface area contributed by atoms with E-state index in [1.807, 2.05) is 0 Å². The third kappa shape index (κ3) is 10.1. The molecular formula is C7H17NO2S. The fourth-order valence-electron chi connectivity index (χ4n) is 0.711. The molecule has 0 rings (SSSR count). The topological polar surface area (TPSA) is 49.3 Å². The van der Waals surface area contributed by atoms with E-state index in [1.54, 1.807) is 13.2 Å². The molecule has 0 amide bonds. The predicted molar refractivity (Wildman–Crippen MR) is 48.1 cm³/mol. The van der Waals surface area contributed by atoms with E-state index < -0.39 is 10.8 Å². The zero-order chi connectivity index (χ0) is 8.69. The molecule has 0 saturated carbocycles. The van der Waals surface area contributed by atoms with E-state index in [2.05, 4.69) is 5.32 Å². The highest BCUT2D eigenvalue weighted by Gasteiger charge is 1.94. The van der Waals surface area contributed by atoms with Crippen LogP contribution in [0.4, 0.5) is 0 Å². The number of hydrogen-bond donors (Lipinski definition) is 2. The van der Waals surface area contributed by atoms with E-state index in [9.17, 15) is 4.21 Å². The Balaban J connectivity index is 2.97. The number of nitrogens with one attached hydrogen (secondary N) is 1. The molecule has 0 heterocycles. The quantitative estimate of drug-likeness (QED) is 0.552. The van der Waals surface area contributed by atoms with Crippen LogP contribution in [0.1, 0.15) is 13.3 Å². The highest BCUT2D eigenvalue weighted by Crippen LogP contribution is 1.82. The summed E-state index contributed by atoms with van der Waals surface area (Å²) in [5.41, 5.74) is 0. The van der Waals surface area contributed by atoms with E-state index >= 15 is 0 Å². The summed E-state index contributed by atoms with van der Waals surface area (Å²) in [5, 5.41) is 11.9. The lowest BCUT2D eigenvalue weighted by Crippen LogP contribution is -2.25. The van der Waals surface area contributed by atoms with Gasteiger partial charge in [0.2, 0.25) is 0 Å². The van der Waals surface area contributed by atoms with E-state index in [-0.39, 0.29) is 6.10 Å². The first-order chi connectivity index (χ1) is 5.13. The van der Waals surface area contributed by atoms with Gasteiger partial charge in [-0.2, -0.15) is 0 Å². The zero-order valence-corrected chi connectivity index (χ0v) is 7.99. The molecule has 0 aromatic rings. The van der Waals surface area contributed by atoms with Crippen molar-refractivity contribution in [3.8, 4) is 0 Å². The maximum atomic E-state index is 10.6. The lowest BCUT2D eigenvalue weighted by Gasteiger charge is -2.05. The van der Waals surface area contributed by atoms with Gasteiger partial charge < -0.3 is 10.4 Å². The summed E-state index contributed by atoms with van der Waals surface area (Å²) >= 11 is 0. The zero-order valence-electron chi connectivity index (χ0n) is 7.17. The van der Waals surface area contributed by atoms with Crippen molar-refractivity contribution in [2.75, 3.05) is 25.1 Å².